The van der Waals surface area contributed by atoms with E-state index in [0.717, 1.165) is 10.4 Å². The minimum absolute atomic E-state index is 0.0218. The fraction of sp³-hybridized carbons (Fsp3) is 0.308. The van der Waals surface area contributed by atoms with E-state index in [4.69, 9.17) is 4.74 Å². The zero-order valence-electron chi connectivity index (χ0n) is 18.6. The van der Waals surface area contributed by atoms with Crippen LogP contribution in [-0.2, 0) is 4.79 Å². The van der Waals surface area contributed by atoms with Gasteiger partial charge in [0.15, 0.2) is 0 Å². The molecule has 166 valence electrons. The van der Waals surface area contributed by atoms with Gasteiger partial charge in [-0.1, -0.05) is 50.2 Å². The maximum absolute atomic E-state index is 13.8. The molecule has 1 aromatic heterocycles. The second-order valence-corrected chi connectivity index (χ2v) is 9.27. The molecule has 1 aliphatic heterocycles. The van der Waals surface area contributed by atoms with Gasteiger partial charge in [0.05, 0.1) is 24.3 Å². The van der Waals surface area contributed by atoms with Gasteiger partial charge in [-0.05, 0) is 48.1 Å². The van der Waals surface area contributed by atoms with Gasteiger partial charge < -0.3 is 15.0 Å². The number of benzene rings is 2. The summed E-state index contributed by atoms with van der Waals surface area (Å²) >= 11 is 1.58. The van der Waals surface area contributed by atoms with Gasteiger partial charge in [0.25, 0.3) is 5.91 Å². The first-order valence-corrected chi connectivity index (χ1v) is 11.8. The molecule has 1 N–H and O–H groups in total. The maximum atomic E-state index is 13.8. The molecule has 0 radical (unpaired) electrons. The molecule has 4 rings (SSSR count). The van der Waals surface area contributed by atoms with Crippen molar-refractivity contribution in [1.82, 2.24) is 4.90 Å². The summed E-state index contributed by atoms with van der Waals surface area (Å²) in [7, 11) is 0. The largest absolute Gasteiger partial charge is 0.492 e. The van der Waals surface area contributed by atoms with Crippen LogP contribution in [0.5, 0.6) is 5.75 Å². The minimum Gasteiger partial charge on any atom is -0.492 e. The summed E-state index contributed by atoms with van der Waals surface area (Å²) in [5.74, 6) is 0.205. The van der Waals surface area contributed by atoms with Crippen LogP contribution in [0.25, 0.3) is 0 Å². The predicted octanol–water partition coefficient (Wildman–Crippen LogP) is 5.72. The summed E-state index contributed by atoms with van der Waals surface area (Å²) in [5.41, 5.74) is 2.00. The molecule has 0 fully saturated rings. The van der Waals surface area contributed by atoms with Crippen molar-refractivity contribution in [2.45, 2.75) is 32.7 Å². The highest BCUT2D eigenvalue weighted by Crippen LogP contribution is 2.45. The monoisotopic (exact) mass is 448 g/mol. The molecule has 2 aromatic carbocycles. The number of hydrogen-bond donors (Lipinski definition) is 1. The lowest BCUT2D eigenvalue weighted by Crippen LogP contribution is -2.47. The van der Waals surface area contributed by atoms with Crippen LogP contribution in [0.2, 0.25) is 0 Å². The standard InChI is InChI=1S/C26H28N2O3S/c1-4-31-21-13-8-7-12-20(21)27-25(29)23-18-10-5-6-11-19(18)26(30)28(16-17(2)3)24(23)22-14-9-15-32-22/h5-15,17,23-24H,4,16H2,1-3H3,(H,27,29)/t23-,24-/m1/s1. The van der Waals surface area contributed by atoms with Gasteiger partial charge >= 0.3 is 0 Å². The first-order chi connectivity index (χ1) is 15.5. The highest BCUT2D eigenvalue weighted by Gasteiger charge is 2.44. The number of hydrogen-bond acceptors (Lipinski definition) is 4. The second kappa shape index (κ2) is 9.57. The Morgan fingerprint density at radius 3 is 2.56 bits per heavy atom. The Labute approximate surface area is 193 Å². The topological polar surface area (TPSA) is 58.6 Å². The third kappa shape index (κ3) is 4.28. The van der Waals surface area contributed by atoms with Crippen LogP contribution in [0, 0.1) is 5.92 Å². The summed E-state index contributed by atoms with van der Waals surface area (Å²) in [6.45, 7) is 7.18. The van der Waals surface area contributed by atoms with E-state index in [-0.39, 0.29) is 23.8 Å². The summed E-state index contributed by atoms with van der Waals surface area (Å²) < 4.78 is 5.71. The Morgan fingerprint density at radius 1 is 1.09 bits per heavy atom. The molecule has 0 unspecified atom stereocenters. The number of rotatable bonds is 7. The molecule has 0 saturated carbocycles. The first kappa shape index (κ1) is 22.1. The van der Waals surface area contributed by atoms with Crippen molar-refractivity contribution in [3.8, 4) is 5.75 Å². The second-order valence-electron chi connectivity index (χ2n) is 8.29. The third-order valence-corrected chi connectivity index (χ3v) is 6.51. The highest BCUT2D eigenvalue weighted by molar-refractivity contribution is 7.10. The number of para-hydroxylation sites is 2. The number of nitrogens with zero attached hydrogens (tertiary/aromatic N) is 1. The molecular weight excluding hydrogens is 420 g/mol. The number of carbonyl (C=O) groups excluding carboxylic acids is 2. The van der Waals surface area contributed by atoms with Gasteiger partial charge in [0.2, 0.25) is 5.91 Å². The smallest absolute Gasteiger partial charge is 0.254 e. The van der Waals surface area contributed by atoms with E-state index >= 15 is 0 Å². The Morgan fingerprint density at radius 2 is 1.84 bits per heavy atom. The minimum atomic E-state index is -0.531. The molecule has 0 aliphatic carbocycles. The van der Waals surface area contributed by atoms with E-state index < -0.39 is 5.92 Å². The van der Waals surface area contributed by atoms with Crippen molar-refractivity contribution in [2.75, 3.05) is 18.5 Å². The van der Waals surface area contributed by atoms with Crippen LogP contribution in [0.1, 0.15) is 53.5 Å². The summed E-state index contributed by atoms with van der Waals surface area (Å²) in [4.78, 5) is 30.2. The number of anilines is 1. The van der Waals surface area contributed by atoms with Crippen LogP contribution >= 0.6 is 11.3 Å². The summed E-state index contributed by atoms with van der Waals surface area (Å²) in [5, 5.41) is 5.08. The van der Waals surface area contributed by atoms with Gasteiger partial charge in [0.1, 0.15) is 5.75 Å². The van der Waals surface area contributed by atoms with Crippen LogP contribution in [0.15, 0.2) is 66.0 Å². The van der Waals surface area contributed by atoms with Gasteiger partial charge in [-0.25, -0.2) is 0 Å². The molecule has 2 atom stereocenters. The number of nitrogens with one attached hydrogen (secondary N) is 1. The van der Waals surface area contributed by atoms with E-state index in [1.807, 2.05) is 77.9 Å². The molecular formula is C26H28N2O3S. The Bertz CT molecular complexity index is 1090. The third-order valence-electron chi connectivity index (χ3n) is 5.56. The highest BCUT2D eigenvalue weighted by atomic mass is 32.1. The molecule has 32 heavy (non-hydrogen) atoms. The number of thiophene rings is 1. The van der Waals surface area contributed by atoms with E-state index in [0.29, 0.717) is 30.2 Å². The molecule has 6 heteroatoms. The average molecular weight is 449 g/mol. The normalized spacial score (nSPS) is 17.9. The maximum Gasteiger partial charge on any atom is 0.254 e. The van der Waals surface area contributed by atoms with Crippen molar-refractivity contribution in [2.24, 2.45) is 5.92 Å². The van der Waals surface area contributed by atoms with Crippen molar-refractivity contribution in [1.29, 1.82) is 0 Å². The van der Waals surface area contributed by atoms with Crippen LogP contribution in [0.3, 0.4) is 0 Å². The van der Waals surface area contributed by atoms with Gasteiger partial charge in [0, 0.05) is 17.0 Å². The Hall–Kier alpha value is -3.12. The molecule has 3 aromatic rings. The molecule has 2 amide bonds. The molecule has 0 spiro atoms. The average Bonchev–Trinajstić information content (AvgIpc) is 3.31. The van der Waals surface area contributed by atoms with Crippen LogP contribution in [0.4, 0.5) is 5.69 Å². The Balaban J connectivity index is 1.80. The fourth-order valence-corrected chi connectivity index (χ4v) is 5.18. The lowest BCUT2D eigenvalue weighted by Gasteiger charge is -2.42. The summed E-state index contributed by atoms with van der Waals surface area (Å²) in [6.07, 6.45) is 0. The number of amides is 2. The molecule has 2 heterocycles. The SMILES string of the molecule is CCOc1ccccc1NC(=O)[C@@H]1c2ccccc2C(=O)N(CC(C)C)[C@@H]1c1cccs1. The van der Waals surface area contributed by atoms with Gasteiger partial charge in [-0.3, -0.25) is 9.59 Å². The van der Waals surface area contributed by atoms with Crippen LogP contribution < -0.4 is 10.1 Å². The van der Waals surface area contributed by atoms with E-state index in [9.17, 15) is 9.59 Å². The summed E-state index contributed by atoms with van der Waals surface area (Å²) in [6, 6.07) is 18.5. The predicted molar refractivity (Wildman–Crippen MR) is 128 cm³/mol. The quantitative estimate of drug-likeness (QED) is 0.503. The number of ether oxygens (including phenoxy) is 1. The lowest BCUT2D eigenvalue weighted by molar-refractivity contribution is -0.119. The van der Waals surface area contributed by atoms with E-state index in [1.54, 1.807) is 11.3 Å². The fourth-order valence-electron chi connectivity index (χ4n) is 4.31. The zero-order chi connectivity index (χ0) is 22.7. The molecule has 0 bridgehead atoms. The van der Waals surface area contributed by atoms with Crippen molar-refractivity contribution >= 4 is 28.8 Å². The number of fused-ring (bicyclic) bond motifs is 1. The first-order valence-electron chi connectivity index (χ1n) is 11.0. The van der Waals surface area contributed by atoms with Crippen LogP contribution in [-0.4, -0.2) is 29.9 Å². The van der Waals surface area contributed by atoms with E-state index in [1.165, 1.54) is 0 Å². The number of carbonyl (C=O) groups is 2. The van der Waals surface area contributed by atoms with E-state index in [2.05, 4.69) is 19.2 Å². The van der Waals surface area contributed by atoms with Crippen molar-refractivity contribution < 1.29 is 14.3 Å². The Kier molecular flexibility index (Phi) is 6.61. The molecule has 1 aliphatic rings. The van der Waals surface area contributed by atoms with Gasteiger partial charge in [-0.2, -0.15) is 0 Å². The van der Waals surface area contributed by atoms with Crippen molar-refractivity contribution in [3.63, 3.8) is 0 Å². The van der Waals surface area contributed by atoms with Gasteiger partial charge in [-0.15, -0.1) is 11.3 Å². The van der Waals surface area contributed by atoms with Crippen molar-refractivity contribution in [3.05, 3.63) is 82.0 Å². The lowest BCUT2D eigenvalue weighted by atomic mass is 9.81. The zero-order valence-corrected chi connectivity index (χ0v) is 19.4. The molecule has 5 nitrogen and oxygen atoms in total. The molecule has 0 saturated heterocycles.